The van der Waals surface area contributed by atoms with Crippen LogP contribution in [-0.2, 0) is 4.79 Å². The van der Waals surface area contributed by atoms with Crippen LogP contribution >= 0.6 is 0 Å². The lowest BCUT2D eigenvalue weighted by Gasteiger charge is -2.18. The van der Waals surface area contributed by atoms with Gasteiger partial charge in [0, 0.05) is 0 Å². The lowest BCUT2D eigenvalue weighted by molar-refractivity contribution is -0.150. The van der Waals surface area contributed by atoms with Crippen molar-refractivity contribution in [3.05, 3.63) is 0 Å². The topological polar surface area (TPSA) is 98.0 Å². The largest absolute Gasteiger partial charge is 0.387 e. The minimum atomic E-state index is -2.68. The number of aliphatic hydroxyl groups excluding tert-OH is 4. The highest BCUT2D eigenvalue weighted by atomic mass is 19.1. The normalized spacial score (nSPS) is 21.9. The SMILES string of the molecule is O=C[C@H](O)[C@H](O)[C@H](O)C(O)F. The molecule has 4 atom stereocenters. The van der Waals surface area contributed by atoms with Gasteiger partial charge < -0.3 is 25.2 Å². The molecular formula is C5H9FO5. The number of carbonyl (C=O) groups excluding carboxylic acids is 1. The Morgan fingerprint density at radius 1 is 1.09 bits per heavy atom. The molecule has 4 N–H and O–H groups in total. The standard InChI is InChI=1S/C5H9FO5/c6-5(11)4(10)3(9)2(8)1-7/h1-5,8-11H/t2-,3-,4-,5?/m0/s1. The predicted molar refractivity (Wildman–Crippen MR) is 31.2 cm³/mol. The van der Waals surface area contributed by atoms with Crippen molar-refractivity contribution in [1.82, 2.24) is 0 Å². The minimum Gasteiger partial charge on any atom is -0.387 e. The summed E-state index contributed by atoms with van der Waals surface area (Å²) in [6, 6.07) is 0. The molecule has 0 rings (SSSR count). The first kappa shape index (κ1) is 10.4. The Morgan fingerprint density at radius 2 is 1.55 bits per heavy atom. The number of halogens is 1. The van der Waals surface area contributed by atoms with Crippen LogP contribution in [0.5, 0.6) is 0 Å². The van der Waals surface area contributed by atoms with Gasteiger partial charge in [0.15, 0.2) is 6.29 Å². The van der Waals surface area contributed by atoms with Gasteiger partial charge >= 0.3 is 0 Å². The van der Waals surface area contributed by atoms with E-state index in [1.165, 1.54) is 0 Å². The number of aldehydes is 1. The quantitative estimate of drug-likeness (QED) is 0.349. The van der Waals surface area contributed by atoms with E-state index >= 15 is 0 Å². The molecule has 5 nitrogen and oxygen atoms in total. The van der Waals surface area contributed by atoms with Gasteiger partial charge in [-0.3, -0.25) is 0 Å². The number of aliphatic hydroxyl groups is 4. The summed E-state index contributed by atoms with van der Waals surface area (Å²) in [6.07, 6.45) is -8.83. The van der Waals surface area contributed by atoms with Crippen LogP contribution in [0.3, 0.4) is 0 Å². The molecular weight excluding hydrogens is 159 g/mol. The van der Waals surface area contributed by atoms with Gasteiger partial charge in [-0.1, -0.05) is 0 Å². The first-order valence-corrected chi connectivity index (χ1v) is 2.82. The van der Waals surface area contributed by atoms with E-state index in [1.807, 2.05) is 0 Å². The summed E-state index contributed by atoms with van der Waals surface area (Å²) in [6.45, 7) is 0. The van der Waals surface area contributed by atoms with Crippen LogP contribution in [0.15, 0.2) is 0 Å². The highest BCUT2D eigenvalue weighted by molar-refractivity contribution is 5.56. The van der Waals surface area contributed by atoms with Crippen molar-refractivity contribution in [3.8, 4) is 0 Å². The van der Waals surface area contributed by atoms with Gasteiger partial charge in [-0.25, -0.2) is 4.39 Å². The molecule has 0 saturated heterocycles. The first-order valence-electron chi connectivity index (χ1n) is 2.82. The van der Waals surface area contributed by atoms with Crippen molar-refractivity contribution in [2.45, 2.75) is 24.7 Å². The summed E-state index contributed by atoms with van der Waals surface area (Å²) in [5.74, 6) is 0. The molecule has 0 aromatic heterocycles. The Morgan fingerprint density at radius 3 is 1.82 bits per heavy atom. The van der Waals surface area contributed by atoms with Crippen LogP contribution in [0, 0.1) is 0 Å². The fourth-order valence-corrected chi connectivity index (χ4v) is 0.445. The van der Waals surface area contributed by atoms with Crippen LogP contribution in [0.4, 0.5) is 4.39 Å². The maximum atomic E-state index is 11.8. The highest BCUT2D eigenvalue weighted by Gasteiger charge is 2.29. The van der Waals surface area contributed by atoms with Crippen molar-refractivity contribution < 1.29 is 29.6 Å². The zero-order valence-corrected chi connectivity index (χ0v) is 5.46. The van der Waals surface area contributed by atoms with Crippen molar-refractivity contribution in [3.63, 3.8) is 0 Å². The van der Waals surface area contributed by atoms with Gasteiger partial charge in [0.1, 0.15) is 18.3 Å². The lowest BCUT2D eigenvalue weighted by atomic mass is 10.1. The molecule has 0 bridgehead atoms. The number of rotatable bonds is 4. The fraction of sp³-hybridized carbons (Fsp3) is 0.800. The molecule has 0 spiro atoms. The van der Waals surface area contributed by atoms with Crippen molar-refractivity contribution >= 4 is 6.29 Å². The maximum Gasteiger partial charge on any atom is 0.225 e. The van der Waals surface area contributed by atoms with Gasteiger partial charge in [0.25, 0.3) is 0 Å². The van der Waals surface area contributed by atoms with E-state index in [0.717, 1.165) is 0 Å². The zero-order valence-electron chi connectivity index (χ0n) is 5.46. The van der Waals surface area contributed by atoms with E-state index < -0.39 is 24.7 Å². The number of alkyl halides is 1. The Bertz CT molecular complexity index is 128. The second-order valence-electron chi connectivity index (χ2n) is 1.98. The molecule has 6 heteroatoms. The molecule has 66 valence electrons. The van der Waals surface area contributed by atoms with E-state index in [9.17, 15) is 9.18 Å². The molecule has 0 amide bonds. The second-order valence-corrected chi connectivity index (χ2v) is 1.98. The molecule has 0 heterocycles. The van der Waals surface area contributed by atoms with Gasteiger partial charge in [-0.15, -0.1) is 0 Å². The van der Waals surface area contributed by atoms with Crippen LogP contribution < -0.4 is 0 Å². The van der Waals surface area contributed by atoms with E-state index in [-0.39, 0.29) is 6.29 Å². The molecule has 1 unspecified atom stereocenters. The highest BCUT2D eigenvalue weighted by Crippen LogP contribution is 2.03. The summed E-state index contributed by atoms with van der Waals surface area (Å²) in [5, 5.41) is 33.6. The summed E-state index contributed by atoms with van der Waals surface area (Å²) in [7, 11) is 0. The van der Waals surface area contributed by atoms with Gasteiger partial charge in [-0.2, -0.15) is 0 Å². The van der Waals surface area contributed by atoms with E-state index in [4.69, 9.17) is 20.4 Å². The molecule has 0 aliphatic carbocycles. The summed E-state index contributed by atoms with van der Waals surface area (Å²) in [5.41, 5.74) is 0. The molecule has 11 heavy (non-hydrogen) atoms. The Labute approximate surface area is 61.7 Å². The van der Waals surface area contributed by atoms with Crippen LogP contribution in [0.1, 0.15) is 0 Å². The number of carbonyl (C=O) groups is 1. The van der Waals surface area contributed by atoms with E-state index in [1.54, 1.807) is 0 Å². The summed E-state index contributed by atoms with van der Waals surface area (Å²) >= 11 is 0. The van der Waals surface area contributed by atoms with Crippen LogP contribution in [0.25, 0.3) is 0 Å². The number of hydrogen-bond acceptors (Lipinski definition) is 5. The summed E-state index contributed by atoms with van der Waals surface area (Å²) < 4.78 is 11.8. The van der Waals surface area contributed by atoms with Gasteiger partial charge in [0.05, 0.1) is 0 Å². The lowest BCUT2D eigenvalue weighted by Crippen LogP contribution is -2.43. The third-order valence-corrected chi connectivity index (χ3v) is 1.12. The monoisotopic (exact) mass is 168 g/mol. The average Bonchev–Trinajstić information content (AvgIpc) is 2.00. The molecule has 0 radical (unpaired) electrons. The molecule has 0 aromatic rings. The van der Waals surface area contributed by atoms with Crippen LogP contribution in [-0.4, -0.2) is 51.4 Å². The van der Waals surface area contributed by atoms with Crippen molar-refractivity contribution in [2.24, 2.45) is 0 Å². The summed E-state index contributed by atoms with van der Waals surface area (Å²) in [4.78, 5) is 9.75. The molecule has 0 fully saturated rings. The second kappa shape index (κ2) is 4.35. The van der Waals surface area contributed by atoms with Crippen molar-refractivity contribution in [1.29, 1.82) is 0 Å². The molecule has 0 aliphatic rings. The number of hydrogen-bond donors (Lipinski definition) is 4. The Balaban J connectivity index is 4.00. The van der Waals surface area contributed by atoms with Crippen LogP contribution in [0.2, 0.25) is 0 Å². The zero-order chi connectivity index (χ0) is 9.02. The molecule has 0 aliphatic heterocycles. The molecule has 0 saturated carbocycles. The van der Waals surface area contributed by atoms with E-state index in [0.29, 0.717) is 0 Å². The first-order chi connectivity index (χ1) is 5.00. The van der Waals surface area contributed by atoms with Gasteiger partial charge in [-0.05, 0) is 0 Å². The Hall–Kier alpha value is -0.560. The predicted octanol–water partition coefficient (Wildman–Crippen LogP) is -2.44. The minimum absolute atomic E-state index is 0.0731. The fourth-order valence-electron chi connectivity index (χ4n) is 0.445. The van der Waals surface area contributed by atoms with Gasteiger partial charge in [0.2, 0.25) is 6.36 Å². The third kappa shape index (κ3) is 2.89. The molecule has 0 aromatic carbocycles. The third-order valence-electron chi connectivity index (χ3n) is 1.12. The van der Waals surface area contributed by atoms with E-state index in [2.05, 4.69) is 0 Å². The van der Waals surface area contributed by atoms with Crippen molar-refractivity contribution in [2.75, 3.05) is 0 Å². The Kier molecular flexibility index (Phi) is 4.12. The average molecular weight is 168 g/mol. The smallest absolute Gasteiger partial charge is 0.225 e. The maximum absolute atomic E-state index is 11.8.